The largest absolute Gasteiger partial charge is 0.479 e. The number of amides is 1. The van der Waals surface area contributed by atoms with Gasteiger partial charge in [-0.2, -0.15) is 5.48 Å². The van der Waals surface area contributed by atoms with Crippen molar-refractivity contribution in [1.82, 2.24) is 5.48 Å². The average Bonchev–Trinajstić information content (AvgIpc) is 2.12. The molecule has 1 amide bonds. The topological polar surface area (TPSA) is 84.9 Å². The van der Waals surface area contributed by atoms with E-state index in [4.69, 9.17) is 14.7 Å². The zero-order chi connectivity index (χ0) is 12.2. The molecule has 6 nitrogen and oxygen atoms in total. The molecule has 2 N–H and O–H groups in total. The van der Waals surface area contributed by atoms with E-state index >= 15 is 0 Å². The van der Waals surface area contributed by atoms with E-state index in [1.54, 1.807) is 0 Å². The van der Waals surface area contributed by atoms with Crippen molar-refractivity contribution >= 4 is 12.1 Å². The zero-order valence-corrected chi connectivity index (χ0v) is 9.49. The van der Waals surface area contributed by atoms with Gasteiger partial charge in [-0.05, 0) is 25.2 Å². The van der Waals surface area contributed by atoms with E-state index in [0.717, 1.165) is 6.42 Å². The lowest BCUT2D eigenvalue weighted by atomic mass is 9.80. The predicted molar refractivity (Wildman–Crippen MR) is 54.6 cm³/mol. The number of carbonyl (C=O) groups excluding carboxylic acids is 1. The maximum Gasteiger partial charge on any atom is 0.431 e. The second-order valence-corrected chi connectivity index (χ2v) is 4.35. The molecule has 0 radical (unpaired) electrons. The van der Waals surface area contributed by atoms with Crippen LogP contribution in [0.2, 0.25) is 0 Å². The number of ether oxygens (including phenoxy) is 1. The average molecular weight is 231 g/mol. The van der Waals surface area contributed by atoms with Crippen LogP contribution in [0.4, 0.5) is 4.79 Å². The SMILES string of the molecule is CC(C)COC(=O)NOC1(C(=O)O)CCC1. The molecule has 0 aromatic rings. The number of hydrogen-bond donors (Lipinski definition) is 2. The first-order chi connectivity index (χ1) is 7.46. The molecule has 92 valence electrons. The van der Waals surface area contributed by atoms with Gasteiger partial charge in [0.1, 0.15) is 0 Å². The van der Waals surface area contributed by atoms with Gasteiger partial charge in [0.05, 0.1) is 6.61 Å². The van der Waals surface area contributed by atoms with Gasteiger partial charge in [0, 0.05) is 0 Å². The quantitative estimate of drug-likeness (QED) is 0.697. The van der Waals surface area contributed by atoms with Gasteiger partial charge in [-0.3, -0.25) is 4.84 Å². The molecule has 1 rings (SSSR count). The highest BCUT2D eigenvalue weighted by Crippen LogP contribution is 2.34. The van der Waals surface area contributed by atoms with Crippen LogP contribution >= 0.6 is 0 Å². The van der Waals surface area contributed by atoms with Crippen LogP contribution in [0.25, 0.3) is 0 Å². The molecular weight excluding hydrogens is 214 g/mol. The minimum absolute atomic E-state index is 0.225. The highest BCUT2D eigenvalue weighted by Gasteiger charge is 2.47. The Balaban J connectivity index is 2.28. The number of rotatable bonds is 5. The molecule has 0 saturated heterocycles. The number of nitrogens with one attached hydrogen (secondary N) is 1. The summed E-state index contributed by atoms with van der Waals surface area (Å²) in [5.41, 5.74) is 0.767. The van der Waals surface area contributed by atoms with E-state index < -0.39 is 17.7 Å². The summed E-state index contributed by atoms with van der Waals surface area (Å²) in [5, 5.41) is 8.90. The van der Waals surface area contributed by atoms with E-state index in [1.165, 1.54) is 0 Å². The molecule has 0 heterocycles. The lowest BCUT2D eigenvalue weighted by Crippen LogP contribution is -2.52. The Morgan fingerprint density at radius 3 is 2.44 bits per heavy atom. The summed E-state index contributed by atoms with van der Waals surface area (Å²) in [7, 11) is 0. The summed E-state index contributed by atoms with van der Waals surface area (Å²) in [6.07, 6.45) is 0.857. The Hall–Kier alpha value is -1.30. The fourth-order valence-electron chi connectivity index (χ4n) is 1.27. The standard InChI is InChI=1S/C10H17NO5/c1-7(2)6-15-9(14)11-16-10(8(12)13)4-3-5-10/h7H,3-6H2,1-2H3,(H,11,14)(H,12,13). The van der Waals surface area contributed by atoms with Crippen molar-refractivity contribution in [2.24, 2.45) is 5.92 Å². The molecule has 0 aromatic carbocycles. The van der Waals surface area contributed by atoms with Gasteiger partial charge in [-0.1, -0.05) is 13.8 Å². The summed E-state index contributed by atoms with van der Waals surface area (Å²) >= 11 is 0. The fraction of sp³-hybridized carbons (Fsp3) is 0.800. The van der Waals surface area contributed by atoms with Crippen LogP contribution in [-0.2, 0) is 14.4 Å². The molecule has 1 aliphatic rings. The Morgan fingerprint density at radius 1 is 1.44 bits per heavy atom. The highest BCUT2D eigenvalue weighted by molar-refractivity contribution is 5.79. The summed E-state index contributed by atoms with van der Waals surface area (Å²) in [5.74, 6) is -0.828. The lowest BCUT2D eigenvalue weighted by molar-refractivity contribution is -0.190. The Morgan fingerprint density at radius 2 is 2.06 bits per heavy atom. The number of carboxylic acid groups (broad SMARTS) is 1. The number of hydrogen-bond acceptors (Lipinski definition) is 4. The van der Waals surface area contributed by atoms with Crippen LogP contribution in [0.15, 0.2) is 0 Å². The first-order valence-electron chi connectivity index (χ1n) is 5.30. The molecule has 0 aromatic heterocycles. The highest BCUT2D eigenvalue weighted by atomic mass is 16.7. The van der Waals surface area contributed by atoms with Crippen molar-refractivity contribution in [2.75, 3.05) is 6.61 Å². The molecule has 0 unspecified atom stereocenters. The van der Waals surface area contributed by atoms with Crippen molar-refractivity contribution < 1.29 is 24.3 Å². The van der Waals surface area contributed by atoms with Crippen LogP contribution in [0.1, 0.15) is 33.1 Å². The summed E-state index contributed by atoms with van der Waals surface area (Å²) < 4.78 is 4.78. The van der Waals surface area contributed by atoms with Crippen molar-refractivity contribution in [3.8, 4) is 0 Å². The van der Waals surface area contributed by atoms with Crippen LogP contribution in [0.5, 0.6) is 0 Å². The van der Waals surface area contributed by atoms with E-state index in [-0.39, 0.29) is 12.5 Å². The molecule has 16 heavy (non-hydrogen) atoms. The Labute approximate surface area is 93.9 Å². The van der Waals surface area contributed by atoms with E-state index in [9.17, 15) is 9.59 Å². The molecule has 1 fully saturated rings. The van der Waals surface area contributed by atoms with E-state index in [2.05, 4.69) is 0 Å². The summed E-state index contributed by atoms with van der Waals surface area (Å²) in [6, 6.07) is 0. The van der Waals surface area contributed by atoms with Gasteiger partial charge in [0.2, 0.25) is 0 Å². The minimum atomic E-state index is -1.25. The number of carboxylic acids is 1. The molecule has 1 aliphatic carbocycles. The molecule has 6 heteroatoms. The van der Waals surface area contributed by atoms with E-state index in [0.29, 0.717) is 12.8 Å². The molecule has 0 spiro atoms. The smallest absolute Gasteiger partial charge is 0.431 e. The van der Waals surface area contributed by atoms with Gasteiger partial charge < -0.3 is 9.84 Å². The van der Waals surface area contributed by atoms with Gasteiger partial charge in [-0.15, -0.1) is 0 Å². The number of hydroxylamine groups is 1. The van der Waals surface area contributed by atoms with Crippen molar-refractivity contribution in [3.05, 3.63) is 0 Å². The lowest BCUT2D eigenvalue weighted by Gasteiger charge is -2.35. The zero-order valence-electron chi connectivity index (χ0n) is 9.49. The molecule has 0 bridgehead atoms. The fourth-order valence-corrected chi connectivity index (χ4v) is 1.27. The second-order valence-electron chi connectivity index (χ2n) is 4.35. The van der Waals surface area contributed by atoms with Gasteiger partial charge >= 0.3 is 12.1 Å². The van der Waals surface area contributed by atoms with Crippen molar-refractivity contribution in [1.29, 1.82) is 0 Å². The first kappa shape index (κ1) is 12.8. The van der Waals surface area contributed by atoms with Crippen LogP contribution in [0, 0.1) is 5.92 Å². The minimum Gasteiger partial charge on any atom is -0.479 e. The van der Waals surface area contributed by atoms with Crippen LogP contribution in [0.3, 0.4) is 0 Å². The van der Waals surface area contributed by atoms with Crippen molar-refractivity contribution in [2.45, 2.75) is 38.7 Å². The molecule has 1 saturated carbocycles. The van der Waals surface area contributed by atoms with Gasteiger partial charge in [-0.25, -0.2) is 9.59 Å². The third-order valence-corrected chi connectivity index (χ3v) is 2.43. The molecular formula is C10H17NO5. The summed E-state index contributed by atoms with van der Waals surface area (Å²) in [6.45, 7) is 4.08. The van der Waals surface area contributed by atoms with E-state index in [1.807, 2.05) is 19.3 Å². The third-order valence-electron chi connectivity index (χ3n) is 2.43. The van der Waals surface area contributed by atoms with Crippen molar-refractivity contribution in [3.63, 3.8) is 0 Å². The molecule has 0 aliphatic heterocycles. The predicted octanol–water partition coefficient (Wildman–Crippen LogP) is 1.31. The monoisotopic (exact) mass is 231 g/mol. The third kappa shape index (κ3) is 3.10. The molecule has 0 atom stereocenters. The van der Waals surface area contributed by atoms with Crippen LogP contribution < -0.4 is 5.48 Å². The van der Waals surface area contributed by atoms with Gasteiger partial charge in [0.15, 0.2) is 5.60 Å². The number of carbonyl (C=O) groups is 2. The number of aliphatic carboxylic acids is 1. The Kier molecular flexibility index (Phi) is 4.12. The maximum absolute atomic E-state index is 11.1. The van der Waals surface area contributed by atoms with Gasteiger partial charge in [0.25, 0.3) is 0 Å². The maximum atomic E-state index is 11.1. The Bertz CT molecular complexity index is 272. The second kappa shape index (κ2) is 5.16. The normalized spacial score (nSPS) is 17.7. The van der Waals surface area contributed by atoms with Crippen LogP contribution in [-0.4, -0.2) is 29.4 Å². The summed E-state index contributed by atoms with van der Waals surface area (Å²) in [4.78, 5) is 26.9. The first-order valence-corrected chi connectivity index (χ1v) is 5.30.